The van der Waals surface area contributed by atoms with Gasteiger partial charge in [0.2, 0.25) is 12.6 Å². The van der Waals surface area contributed by atoms with Crippen molar-refractivity contribution in [2.24, 2.45) is 5.10 Å². The lowest BCUT2D eigenvalue weighted by molar-refractivity contribution is 0.174. The molecule has 43 heavy (non-hydrogen) atoms. The molecule has 0 amide bonds. The maximum Gasteiger partial charge on any atom is 0.282 e. The van der Waals surface area contributed by atoms with Crippen molar-refractivity contribution in [2.75, 3.05) is 13.9 Å². The molecule has 0 bridgehead atoms. The van der Waals surface area contributed by atoms with Gasteiger partial charge in [0, 0.05) is 10.4 Å². The molecule has 2 aromatic heterocycles. The third kappa shape index (κ3) is 5.13. The maximum atomic E-state index is 13.6. The van der Waals surface area contributed by atoms with Crippen molar-refractivity contribution in [3.63, 3.8) is 0 Å². The van der Waals surface area contributed by atoms with Gasteiger partial charge in [-0.15, -0.1) is 0 Å². The molecule has 9 nitrogen and oxygen atoms in total. The zero-order valence-corrected chi connectivity index (χ0v) is 24.1. The lowest BCUT2D eigenvalue weighted by Crippen LogP contribution is -2.20. The van der Waals surface area contributed by atoms with Crippen molar-refractivity contribution < 1.29 is 23.4 Å². The second-order valence-corrected chi connectivity index (χ2v) is 10.5. The van der Waals surface area contributed by atoms with E-state index in [-0.39, 0.29) is 24.8 Å². The zero-order valence-electron chi connectivity index (χ0n) is 22.5. The predicted octanol–water partition coefficient (Wildman–Crippen LogP) is 7.32. The van der Waals surface area contributed by atoms with Gasteiger partial charge in [-0.2, -0.15) is 9.78 Å². The van der Waals surface area contributed by atoms with Crippen LogP contribution in [-0.2, 0) is 6.61 Å². The molecule has 0 saturated carbocycles. The minimum atomic E-state index is -0.364. The molecule has 0 aliphatic carbocycles. The van der Waals surface area contributed by atoms with Crippen LogP contribution in [0.1, 0.15) is 11.1 Å². The summed E-state index contributed by atoms with van der Waals surface area (Å²) in [5.74, 6) is 2.71. The van der Waals surface area contributed by atoms with Crippen LogP contribution in [0, 0.1) is 0 Å². The first kappa shape index (κ1) is 26.9. The van der Waals surface area contributed by atoms with Crippen LogP contribution in [0.25, 0.3) is 33.5 Å². The molecule has 6 aromatic rings. The summed E-state index contributed by atoms with van der Waals surface area (Å²) in [6, 6.07) is 23.1. The summed E-state index contributed by atoms with van der Waals surface area (Å²) >= 11 is 12.8. The summed E-state index contributed by atoms with van der Waals surface area (Å²) < 4.78 is 29.6. The Kier molecular flexibility index (Phi) is 6.89. The van der Waals surface area contributed by atoms with Crippen LogP contribution in [0.3, 0.4) is 0 Å². The quantitative estimate of drug-likeness (QED) is 0.174. The van der Waals surface area contributed by atoms with E-state index in [1.807, 2.05) is 24.3 Å². The second kappa shape index (κ2) is 11.0. The van der Waals surface area contributed by atoms with Crippen LogP contribution >= 0.6 is 23.2 Å². The van der Waals surface area contributed by atoms with Gasteiger partial charge in [-0.1, -0.05) is 41.4 Å². The molecule has 0 spiro atoms. The number of nitrogens with zero attached hydrogens (tertiary/aromatic N) is 3. The maximum absolute atomic E-state index is 13.6. The third-order valence-electron chi connectivity index (χ3n) is 6.85. The number of aromatic nitrogens is 2. The monoisotopic (exact) mass is 613 g/mol. The minimum Gasteiger partial charge on any atom is -0.493 e. The van der Waals surface area contributed by atoms with Gasteiger partial charge in [0.15, 0.2) is 28.8 Å². The Morgan fingerprint density at radius 3 is 2.74 bits per heavy atom. The molecule has 0 atom stereocenters. The lowest BCUT2D eigenvalue weighted by atomic mass is 10.2. The highest BCUT2D eigenvalue weighted by Crippen LogP contribution is 2.38. The standard InChI is InChI=1S/C32H21Cl2N3O6/c1-39-28-12-19(10-23(34)30(28)40-16-18-6-8-26-27(11-18)42-17-41-26)15-35-37-31(36-24-5-3-2-4-22(24)32(37)38)29-14-20-13-21(33)7-9-25(20)43-29/h2-15H,16-17H2,1H3. The van der Waals surface area contributed by atoms with Crippen LogP contribution < -0.4 is 24.5 Å². The molecule has 7 rings (SSSR count). The number of ether oxygens (including phenoxy) is 4. The number of furan rings is 1. The summed E-state index contributed by atoms with van der Waals surface area (Å²) in [4.78, 5) is 18.3. The van der Waals surface area contributed by atoms with E-state index in [4.69, 9.17) is 51.6 Å². The van der Waals surface area contributed by atoms with Crippen molar-refractivity contribution in [3.05, 3.63) is 110 Å². The molecule has 0 unspecified atom stereocenters. The molecule has 0 fully saturated rings. The van der Waals surface area contributed by atoms with E-state index in [0.717, 1.165) is 10.9 Å². The fourth-order valence-corrected chi connectivity index (χ4v) is 5.23. The fourth-order valence-electron chi connectivity index (χ4n) is 4.78. The Morgan fingerprint density at radius 1 is 1.00 bits per heavy atom. The predicted molar refractivity (Wildman–Crippen MR) is 164 cm³/mol. The number of hydrogen-bond donors (Lipinski definition) is 0. The normalized spacial score (nSPS) is 12.4. The van der Waals surface area contributed by atoms with E-state index >= 15 is 0 Å². The van der Waals surface area contributed by atoms with E-state index in [0.29, 0.717) is 60.9 Å². The number of methoxy groups -OCH3 is 1. The highest BCUT2D eigenvalue weighted by molar-refractivity contribution is 6.32. The van der Waals surface area contributed by atoms with Gasteiger partial charge in [-0.3, -0.25) is 4.79 Å². The summed E-state index contributed by atoms with van der Waals surface area (Å²) in [7, 11) is 1.52. The van der Waals surface area contributed by atoms with Crippen LogP contribution in [0.5, 0.6) is 23.0 Å². The van der Waals surface area contributed by atoms with Crippen LogP contribution in [0.2, 0.25) is 10.0 Å². The summed E-state index contributed by atoms with van der Waals surface area (Å²) in [5.41, 5.74) is 2.19. The van der Waals surface area contributed by atoms with E-state index < -0.39 is 0 Å². The number of hydrogen-bond acceptors (Lipinski definition) is 8. The van der Waals surface area contributed by atoms with E-state index in [1.54, 1.807) is 54.6 Å². The first-order valence-electron chi connectivity index (χ1n) is 13.1. The van der Waals surface area contributed by atoms with E-state index in [2.05, 4.69) is 5.10 Å². The van der Waals surface area contributed by atoms with Gasteiger partial charge in [-0.05, 0) is 71.8 Å². The van der Waals surface area contributed by atoms with Gasteiger partial charge in [0.05, 0.1) is 29.2 Å². The largest absolute Gasteiger partial charge is 0.493 e. The summed E-state index contributed by atoms with van der Waals surface area (Å²) in [6.45, 7) is 0.419. The lowest BCUT2D eigenvalue weighted by Gasteiger charge is -2.13. The van der Waals surface area contributed by atoms with E-state index in [1.165, 1.54) is 18.0 Å². The molecule has 0 saturated heterocycles. The first-order valence-corrected chi connectivity index (χ1v) is 13.9. The average molecular weight is 614 g/mol. The average Bonchev–Trinajstić information content (AvgIpc) is 3.66. The minimum absolute atomic E-state index is 0.193. The highest BCUT2D eigenvalue weighted by atomic mass is 35.5. The topological polar surface area (TPSA) is 97.3 Å². The zero-order chi connectivity index (χ0) is 29.5. The van der Waals surface area contributed by atoms with Gasteiger partial charge in [0.1, 0.15) is 12.2 Å². The second-order valence-electron chi connectivity index (χ2n) is 9.62. The van der Waals surface area contributed by atoms with Crippen molar-refractivity contribution in [3.8, 4) is 34.6 Å². The van der Waals surface area contributed by atoms with Crippen molar-refractivity contribution in [1.82, 2.24) is 9.66 Å². The van der Waals surface area contributed by atoms with Gasteiger partial charge in [0.25, 0.3) is 5.56 Å². The Bertz CT molecular complexity index is 2120. The molecular formula is C32H21Cl2N3O6. The van der Waals surface area contributed by atoms with Crippen molar-refractivity contribution in [1.29, 1.82) is 0 Å². The molecule has 11 heteroatoms. The Balaban J connectivity index is 1.24. The third-order valence-corrected chi connectivity index (χ3v) is 7.36. The SMILES string of the molecule is COc1cc(C=Nn2c(-c3cc4cc(Cl)ccc4o3)nc3ccccc3c2=O)cc(Cl)c1OCc1ccc2c(c1)OCO2. The summed E-state index contributed by atoms with van der Waals surface area (Å²) in [6.07, 6.45) is 1.50. The first-order chi connectivity index (χ1) is 21.0. The van der Waals surface area contributed by atoms with E-state index in [9.17, 15) is 4.79 Å². The van der Waals surface area contributed by atoms with Gasteiger partial charge in [-0.25, -0.2) is 4.98 Å². The number of benzene rings is 4. The van der Waals surface area contributed by atoms with Gasteiger partial charge >= 0.3 is 0 Å². The number of rotatable bonds is 7. The molecule has 0 radical (unpaired) electrons. The Morgan fingerprint density at radius 2 is 1.86 bits per heavy atom. The smallest absolute Gasteiger partial charge is 0.282 e. The molecule has 4 aromatic carbocycles. The molecule has 1 aliphatic heterocycles. The number of fused-ring (bicyclic) bond motifs is 3. The van der Waals surface area contributed by atoms with Crippen LogP contribution in [0.4, 0.5) is 0 Å². The Labute approximate surface area is 254 Å². The fraction of sp³-hybridized carbons (Fsp3) is 0.0938. The molecular weight excluding hydrogens is 593 g/mol. The van der Waals surface area contributed by atoms with Crippen molar-refractivity contribution in [2.45, 2.75) is 6.61 Å². The molecule has 3 heterocycles. The number of para-hydroxylation sites is 1. The number of halogens is 2. The van der Waals surface area contributed by atoms with Crippen LogP contribution in [0.15, 0.2) is 93.2 Å². The van der Waals surface area contributed by atoms with Gasteiger partial charge < -0.3 is 23.4 Å². The highest BCUT2D eigenvalue weighted by Gasteiger charge is 2.18. The molecule has 1 aliphatic rings. The summed E-state index contributed by atoms with van der Waals surface area (Å²) in [5, 5.41) is 6.56. The van der Waals surface area contributed by atoms with Crippen LogP contribution in [-0.4, -0.2) is 29.8 Å². The van der Waals surface area contributed by atoms with Crippen molar-refractivity contribution >= 4 is 51.3 Å². The Hall–Kier alpha value is -4.99. The molecule has 214 valence electrons. The molecule has 0 N–H and O–H groups in total.